The van der Waals surface area contributed by atoms with Gasteiger partial charge in [0.2, 0.25) is 0 Å². The van der Waals surface area contributed by atoms with Gasteiger partial charge in [-0.1, -0.05) is 39.8 Å². The summed E-state index contributed by atoms with van der Waals surface area (Å²) in [5.74, 6) is 0.897. The second-order valence-corrected chi connectivity index (χ2v) is 3.57. The van der Waals surface area contributed by atoms with Crippen LogP contribution < -0.4 is 0 Å². The molecule has 0 saturated carbocycles. The van der Waals surface area contributed by atoms with Gasteiger partial charge in [0.15, 0.2) is 5.82 Å². The molecule has 1 atom stereocenters. The molecule has 82 valence electrons. The van der Waals surface area contributed by atoms with E-state index in [0.29, 0.717) is 0 Å². The molecule has 0 spiro atoms. The van der Waals surface area contributed by atoms with Crippen LogP contribution in [0.25, 0.3) is 12.3 Å². The van der Waals surface area contributed by atoms with Crippen molar-refractivity contribution in [2.24, 2.45) is 5.41 Å². The van der Waals surface area contributed by atoms with Crippen LogP contribution in [0.15, 0.2) is 18.5 Å². The Morgan fingerprint density at radius 3 is 2.73 bits per heavy atom. The van der Waals surface area contributed by atoms with Crippen molar-refractivity contribution in [3.8, 4) is 0 Å². The maximum Gasteiger partial charge on any atom is 0.154 e. The summed E-state index contributed by atoms with van der Waals surface area (Å²) in [5.41, 5.74) is 0.141. The van der Waals surface area contributed by atoms with Gasteiger partial charge in [-0.25, -0.2) is 9.67 Å². The fraction of sp³-hybridized carbons (Fsp3) is 0.500. The Morgan fingerprint density at radius 2 is 2.07 bits per heavy atom. The van der Waals surface area contributed by atoms with Crippen molar-refractivity contribution in [1.29, 1.82) is 0 Å². The normalized spacial score (nSPS) is 22.7. The van der Waals surface area contributed by atoms with Gasteiger partial charge in [-0.3, -0.25) is 0 Å². The summed E-state index contributed by atoms with van der Waals surface area (Å²) >= 11 is 0. The monoisotopic (exact) mass is 205 g/mol. The predicted molar refractivity (Wildman–Crippen MR) is 64.1 cm³/mol. The van der Waals surface area contributed by atoms with Crippen LogP contribution in [0.3, 0.4) is 0 Å². The topological polar surface area (TPSA) is 30.7 Å². The van der Waals surface area contributed by atoms with Crippen molar-refractivity contribution < 1.29 is 0 Å². The maximum absolute atomic E-state index is 4.13. The van der Waals surface area contributed by atoms with Crippen molar-refractivity contribution in [2.75, 3.05) is 0 Å². The smallest absolute Gasteiger partial charge is 0.154 e. The van der Waals surface area contributed by atoms with Crippen LogP contribution in [0.1, 0.15) is 39.9 Å². The summed E-state index contributed by atoms with van der Waals surface area (Å²) in [5, 5.41) is 4.08. The lowest BCUT2D eigenvalue weighted by atomic mass is 9.87. The predicted octanol–water partition coefficient (Wildman–Crippen LogP) is 3.22. The Morgan fingerprint density at radius 1 is 1.33 bits per heavy atom. The average Bonchev–Trinajstić information content (AvgIpc) is 2.68. The first-order chi connectivity index (χ1) is 7.23. The zero-order valence-electron chi connectivity index (χ0n) is 9.94. The Bertz CT molecular complexity index is 332. The second kappa shape index (κ2) is 4.91. The first kappa shape index (κ1) is 11.7. The molecule has 1 aromatic heterocycles. The number of aromatic nitrogens is 3. The number of allylic oxidation sites excluding steroid dienone is 2. The van der Waals surface area contributed by atoms with Gasteiger partial charge in [0.05, 0.1) is 0 Å². The third-order valence-electron chi connectivity index (χ3n) is 2.57. The highest BCUT2D eigenvalue weighted by molar-refractivity contribution is 5.49. The lowest BCUT2D eigenvalue weighted by molar-refractivity contribution is 0.535. The molecule has 2 heterocycles. The molecule has 2 rings (SSSR count). The number of hydrogen-bond acceptors (Lipinski definition) is 2. The van der Waals surface area contributed by atoms with Gasteiger partial charge in [0, 0.05) is 11.6 Å². The Labute approximate surface area is 91.5 Å². The zero-order chi connectivity index (χ0) is 11.3. The van der Waals surface area contributed by atoms with E-state index in [0.717, 1.165) is 12.2 Å². The molecule has 1 aliphatic rings. The maximum atomic E-state index is 4.13. The van der Waals surface area contributed by atoms with Crippen molar-refractivity contribution >= 4 is 12.3 Å². The lowest BCUT2D eigenvalue weighted by Crippen LogP contribution is -2.06. The molecule has 3 heteroatoms. The summed E-state index contributed by atoms with van der Waals surface area (Å²) in [7, 11) is 0. The van der Waals surface area contributed by atoms with E-state index in [9.17, 15) is 0 Å². The molecule has 1 unspecified atom stereocenters. The van der Waals surface area contributed by atoms with E-state index in [1.807, 2.05) is 26.1 Å². The van der Waals surface area contributed by atoms with E-state index in [4.69, 9.17) is 0 Å². The van der Waals surface area contributed by atoms with Crippen LogP contribution in [0.4, 0.5) is 0 Å². The minimum Gasteiger partial charge on any atom is -0.221 e. The molecular formula is C12H19N3. The van der Waals surface area contributed by atoms with Crippen molar-refractivity contribution in [3.63, 3.8) is 0 Å². The number of hydrogen-bond donors (Lipinski definition) is 0. The second-order valence-electron chi connectivity index (χ2n) is 3.57. The highest BCUT2D eigenvalue weighted by Gasteiger charge is 2.16. The molecule has 0 N–H and O–H groups in total. The van der Waals surface area contributed by atoms with Crippen molar-refractivity contribution in [2.45, 2.75) is 34.1 Å². The molecule has 1 aliphatic heterocycles. The van der Waals surface area contributed by atoms with E-state index in [1.165, 1.54) is 0 Å². The standard InChI is InChI=1S/C10H13N3.C2H6/c1-3-10(2)5-4-9-11-8-12-13(9)7-6-10;1-2/h4-8H,3H2,1-2H3;1-2H3. The molecule has 0 fully saturated rings. The third-order valence-corrected chi connectivity index (χ3v) is 2.57. The van der Waals surface area contributed by atoms with Crippen LogP contribution in [0.5, 0.6) is 0 Å². The molecule has 3 nitrogen and oxygen atoms in total. The SMILES string of the molecule is CC.CCC1(C)C=Cc2ncnn2C=C1. The van der Waals surface area contributed by atoms with Crippen LogP contribution in [0.2, 0.25) is 0 Å². The third kappa shape index (κ3) is 2.55. The van der Waals surface area contributed by atoms with Crippen molar-refractivity contribution in [1.82, 2.24) is 14.8 Å². The molecule has 0 radical (unpaired) electrons. The number of rotatable bonds is 1. The van der Waals surface area contributed by atoms with E-state index in [2.05, 4.69) is 36.1 Å². The highest BCUT2D eigenvalue weighted by Crippen LogP contribution is 2.27. The first-order valence-corrected chi connectivity index (χ1v) is 5.52. The Balaban J connectivity index is 0.000000531. The van der Waals surface area contributed by atoms with Crippen LogP contribution in [0, 0.1) is 5.41 Å². The fourth-order valence-electron chi connectivity index (χ4n) is 1.29. The van der Waals surface area contributed by atoms with Gasteiger partial charge in [0.1, 0.15) is 6.33 Å². The Kier molecular flexibility index (Phi) is 3.83. The van der Waals surface area contributed by atoms with Crippen LogP contribution in [-0.2, 0) is 0 Å². The average molecular weight is 205 g/mol. The number of fused-ring (bicyclic) bond motifs is 1. The van der Waals surface area contributed by atoms with E-state index in [1.54, 1.807) is 11.0 Å². The summed E-state index contributed by atoms with van der Waals surface area (Å²) < 4.78 is 1.79. The van der Waals surface area contributed by atoms with E-state index < -0.39 is 0 Å². The van der Waals surface area contributed by atoms with Crippen LogP contribution in [-0.4, -0.2) is 14.8 Å². The Hall–Kier alpha value is -1.38. The minimum atomic E-state index is 0.141. The molecule has 1 aromatic rings. The van der Waals surface area contributed by atoms with Gasteiger partial charge in [-0.2, -0.15) is 5.10 Å². The highest BCUT2D eigenvalue weighted by atomic mass is 15.3. The van der Waals surface area contributed by atoms with Gasteiger partial charge in [-0.15, -0.1) is 0 Å². The summed E-state index contributed by atoms with van der Waals surface area (Å²) in [6.45, 7) is 8.38. The van der Waals surface area contributed by atoms with Gasteiger partial charge in [-0.05, 0) is 12.5 Å². The van der Waals surface area contributed by atoms with Crippen LogP contribution >= 0.6 is 0 Å². The minimum absolute atomic E-state index is 0.141. The molecule has 15 heavy (non-hydrogen) atoms. The summed E-state index contributed by atoms with van der Waals surface area (Å²) in [6, 6.07) is 0. The van der Waals surface area contributed by atoms with Crippen molar-refractivity contribution in [3.05, 3.63) is 24.3 Å². The van der Waals surface area contributed by atoms with E-state index >= 15 is 0 Å². The lowest BCUT2D eigenvalue weighted by Gasteiger charge is -2.17. The largest absolute Gasteiger partial charge is 0.221 e. The first-order valence-electron chi connectivity index (χ1n) is 5.52. The van der Waals surface area contributed by atoms with Gasteiger partial charge < -0.3 is 0 Å². The molecule has 0 bridgehead atoms. The van der Waals surface area contributed by atoms with Gasteiger partial charge >= 0.3 is 0 Å². The molecule has 0 aliphatic carbocycles. The summed E-state index contributed by atoms with van der Waals surface area (Å²) in [4.78, 5) is 4.13. The molecule has 0 amide bonds. The zero-order valence-corrected chi connectivity index (χ0v) is 9.94. The number of nitrogens with zero attached hydrogens (tertiary/aromatic N) is 3. The quantitative estimate of drug-likeness (QED) is 0.704. The molecule has 0 saturated heterocycles. The van der Waals surface area contributed by atoms with Gasteiger partial charge in [0.25, 0.3) is 0 Å². The molecule has 0 aromatic carbocycles. The van der Waals surface area contributed by atoms with E-state index in [-0.39, 0.29) is 5.41 Å². The summed E-state index contributed by atoms with van der Waals surface area (Å²) in [6.07, 6.45) is 11.0. The fourth-order valence-corrected chi connectivity index (χ4v) is 1.29. The molecular weight excluding hydrogens is 186 g/mol.